The fraction of sp³-hybridized carbons (Fsp3) is 0.636. The van der Waals surface area contributed by atoms with Gasteiger partial charge in [-0.15, -0.1) is 0 Å². The fourth-order valence-electron chi connectivity index (χ4n) is 1.60. The minimum atomic E-state index is 0.439. The number of anilines is 1. The van der Waals surface area contributed by atoms with E-state index in [-0.39, 0.29) is 0 Å². The van der Waals surface area contributed by atoms with Crippen molar-refractivity contribution in [1.29, 1.82) is 0 Å². The lowest BCUT2D eigenvalue weighted by atomic mass is 10.0. The van der Waals surface area contributed by atoms with Gasteiger partial charge in [0.15, 0.2) is 0 Å². The molecule has 0 radical (unpaired) electrons. The van der Waals surface area contributed by atoms with E-state index in [1.807, 2.05) is 0 Å². The van der Waals surface area contributed by atoms with Gasteiger partial charge in [-0.3, -0.25) is 0 Å². The molecule has 0 unspecified atom stereocenters. The first kappa shape index (κ1) is 12.7. The van der Waals surface area contributed by atoms with Gasteiger partial charge in [-0.05, 0) is 41.9 Å². The summed E-state index contributed by atoms with van der Waals surface area (Å²) in [5.74, 6) is 1.98. The normalized spacial score (nSPS) is 11.0. The number of nitrogens with two attached hydrogens (primary N) is 1. The largest absolute Gasteiger partial charge is 0.383 e. The van der Waals surface area contributed by atoms with Gasteiger partial charge in [-0.2, -0.15) is 0 Å². The molecule has 0 spiro atoms. The SMILES string of the molecule is CCc1nc(C(CC)CC)nc(N)c1I. The summed E-state index contributed by atoms with van der Waals surface area (Å²) in [6, 6.07) is 0. The van der Waals surface area contributed by atoms with E-state index in [1.165, 1.54) is 0 Å². The lowest BCUT2D eigenvalue weighted by Crippen LogP contribution is -2.10. The van der Waals surface area contributed by atoms with Gasteiger partial charge in [0, 0.05) is 5.92 Å². The van der Waals surface area contributed by atoms with Gasteiger partial charge in [0.2, 0.25) is 0 Å². The Balaban J connectivity index is 3.15. The molecule has 1 heterocycles. The second kappa shape index (κ2) is 5.63. The molecule has 0 aliphatic carbocycles. The molecule has 1 rings (SSSR count). The van der Waals surface area contributed by atoms with Crippen LogP contribution in [0.3, 0.4) is 0 Å². The molecule has 0 saturated heterocycles. The predicted molar refractivity (Wildman–Crippen MR) is 71.9 cm³/mol. The van der Waals surface area contributed by atoms with E-state index in [0.29, 0.717) is 11.7 Å². The third-order valence-corrected chi connectivity index (χ3v) is 3.82. The lowest BCUT2D eigenvalue weighted by molar-refractivity contribution is 0.598. The Morgan fingerprint density at radius 1 is 1.20 bits per heavy atom. The second-order valence-corrected chi connectivity index (χ2v) is 4.67. The summed E-state index contributed by atoms with van der Waals surface area (Å²) in [4.78, 5) is 8.98. The van der Waals surface area contributed by atoms with Crippen LogP contribution in [-0.4, -0.2) is 9.97 Å². The Morgan fingerprint density at radius 2 is 1.80 bits per heavy atom. The van der Waals surface area contributed by atoms with Crippen LogP contribution in [0.1, 0.15) is 51.0 Å². The predicted octanol–water partition coefficient (Wildman–Crippen LogP) is 3.13. The van der Waals surface area contributed by atoms with Gasteiger partial charge < -0.3 is 5.73 Å². The molecule has 0 aromatic carbocycles. The van der Waals surface area contributed by atoms with Crippen molar-refractivity contribution in [3.63, 3.8) is 0 Å². The van der Waals surface area contributed by atoms with Gasteiger partial charge in [0.25, 0.3) is 0 Å². The molecular formula is C11H18IN3. The summed E-state index contributed by atoms with van der Waals surface area (Å²) in [6.45, 7) is 6.43. The highest BCUT2D eigenvalue weighted by Gasteiger charge is 2.14. The van der Waals surface area contributed by atoms with Crippen LogP contribution in [0.5, 0.6) is 0 Å². The Kier molecular flexibility index (Phi) is 4.76. The lowest BCUT2D eigenvalue weighted by Gasteiger charge is -2.13. The Labute approximate surface area is 105 Å². The van der Waals surface area contributed by atoms with Crippen molar-refractivity contribution in [2.24, 2.45) is 0 Å². The number of hydrogen-bond donors (Lipinski definition) is 1. The number of rotatable bonds is 4. The van der Waals surface area contributed by atoms with Crippen molar-refractivity contribution in [1.82, 2.24) is 9.97 Å². The molecular weight excluding hydrogens is 301 g/mol. The Morgan fingerprint density at radius 3 is 2.27 bits per heavy atom. The van der Waals surface area contributed by atoms with Crippen molar-refractivity contribution < 1.29 is 0 Å². The van der Waals surface area contributed by atoms with Crippen molar-refractivity contribution in [3.8, 4) is 0 Å². The molecule has 0 saturated carbocycles. The van der Waals surface area contributed by atoms with E-state index >= 15 is 0 Å². The zero-order chi connectivity index (χ0) is 11.4. The van der Waals surface area contributed by atoms with Crippen molar-refractivity contribution in [3.05, 3.63) is 15.1 Å². The van der Waals surface area contributed by atoms with Crippen LogP contribution < -0.4 is 5.73 Å². The van der Waals surface area contributed by atoms with Crippen molar-refractivity contribution in [2.45, 2.75) is 46.0 Å². The molecule has 1 aromatic heterocycles. The highest BCUT2D eigenvalue weighted by atomic mass is 127. The molecule has 0 aliphatic rings. The third-order valence-electron chi connectivity index (χ3n) is 2.65. The van der Waals surface area contributed by atoms with E-state index < -0.39 is 0 Å². The molecule has 84 valence electrons. The number of halogens is 1. The average Bonchev–Trinajstić information content (AvgIpc) is 2.24. The van der Waals surface area contributed by atoms with Crippen LogP contribution in [0, 0.1) is 3.57 Å². The Hall–Kier alpha value is -0.390. The smallest absolute Gasteiger partial charge is 0.140 e. The summed E-state index contributed by atoms with van der Waals surface area (Å²) in [5.41, 5.74) is 6.96. The van der Waals surface area contributed by atoms with E-state index in [2.05, 4.69) is 53.3 Å². The van der Waals surface area contributed by atoms with E-state index in [1.54, 1.807) is 0 Å². The second-order valence-electron chi connectivity index (χ2n) is 3.59. The summed E-state index contributed by atoms with van der Waals surface area (Å²) in [6.07, 6.45) is 3.05. The molecule has 0 amide bonds. The molecule has 0 aliphatic heterocycles. The monoisotopic (exact) mass is 319 g/mol. The van der Waals surface area contributed by atoms with Crippen molar-refractivity contribution in [2.75, 3.05) is 5.73 Å². The molecule has 15 heavy (non-hydrogen) atoms. The van der Waals surface area contributed by atoms with Crippen LogP contribution in [0.4, 0.5) is 5.82 Å². The maximum atomic E-state index is 5.89. The first-order valence-electron chi connectivity index (χ1n) is 5.45. The highest BCUT2D eigenvalue weighted by Crippen LogP contribution is 2.24. The standard InChI is InChI=1S/C11H18IN3/c1-4-7(5-2)11-14-8(6-3)9(12)10(13)15-11/h7H,4-6H2,1-3H3,(H2,13,14,15). The third kappa shape index (κ3) is 2.80. The molecule has 0 bridgehead atoms. The minimum absolute atomic E-state index is 0.439. The number of aromatic nitrogens is 2. The van der Waals surface area contributed by atoms with E-state index in [4.69, 9.17) is 5.73 Å². The zero-order valence-electron chi connectivity index (χ0n) is 9.55. The summed E-state index contributed by atoms with van der Waals surface area (Å²) >= 11 is 2.22. The fourth-order valence-corrected chi connectivity index (χ4v) is 2.23. The quantitative estimate of drug-likeness (QED) is 0.868. The van der Waals surface area contributed by atoms with Crippen LogP contribution in [-0.2, 0) is 6.42 Å². The number of nitrogens with zero attached hydrogens (tertiary/aromatic N) is 2. The van der Waals surface area contributed by atoms with Gasteiger partial charge >= 0.3 is 0 Å². The van der Waals surface area contributed by atoms with Gasteiger partial charge in [0.05, 0.1) is 9.26 Å². The molecule has 0 fully saturated rings. The molecule has 2 N–H and O–H groups in total. The average molecular weight is 319 g/mol. The van der Waals surface area contributed by atoms with Crippen LogP contribution in [0.15, 0.2) is 0 Å². The maximum absolute atomic E-state index is 5.89. The van der Waals surface area contributed by atoms with Crippen molar-refractivity contribution >= 4 is 28.4 Å². The summed E-state index contributed by atoms with van der Waals surface area (Å²) in [7, 11) is 0. The van der Waals surface area contributed by atoms with Crippen LogP contribution in [0.25, 0.3) is 0 Å². The molecule has 3 nitrogen and oxygen atoms in total. The molecule has 4 heteroatoms. The first-order valence-corrected chi connectivity index (χ1v) is 6.53. The van der Waals surface area contributed by atoms with E-state index in [9.17, 15) is 0 Å². The minimum Gasteiger partial charge on any atom is -0.383 e. The summed E-state index contributed by atoms with van der Waals surface area (Å²) < 4.78 is 1.00. The summed E-state index contributed by atoms with van der Waals surface area (Å²) in [5, 5.41) is 0. The number of hydrogen-bond acceptors (Lipinski definition) is 3. The number of nitrogen functional groups attached to an aromatic ring is 1. The van der Waals surface area contributed by atoms with Crippen LogP contribution in [0.2, 0.25) is 0 Å². The maximum Gasteiger partial charge on any atom is 0.140 e. The highest BCUT2D eigenvalue weighted by molar-refractivity contribution is 14.1. The van der Waals surface area contributed by atoms with Gasteiger partial charge in [-0.1, -0.05) is 20.8 Å². The zero-order valence-corrected chi connectivity index (χ0v) is 11.7. The van der Waals surface area contributed by atoms with Crippen LogP contribution >= 0.6 is 22.6 Å². The van der Waals surface area contributed by atoms with Gasteiger partial charge in [-0.25, -0.2) is 9.97 Å². The van der Waals surface area contributed by atoms with E-state index in [0.717, 1.165) is 34.4 Å². The molecule has 0 atom stereocenters. The van der Waals surface area contributed by atoms with Gasteiger partial charge in [0.1, 0.15) is 11.6 Å². The topological polar surface area (TPSA) is 51.8 Å². The number of aryl methyl sites for hydroxylation is 1. The molecule has 1 aromatic rings. The first-order chi connectivity index (χ1) is 7.13. The Bertz CT molecular complexity index is 335.